The van der Waals surface area contributed by atoms with Crippen LogP contribution in [0, 0.1) is 40.9 Å². The van der Waals surface area contributed by atoms with Gasteiger partial charge in [0.25, 0.3) is 0 Å². The number of hydrogen-bond acceptors (Lipinski definition) is 4. The van der Waals surface area contributed by atoms with Crippen molar-refractivity contribution in [3.63, 3.8) is 0 Å². The maximum absolute atomic E-state index is 9.00. The highest BCUT2D eigenvalue weighted by Gasteiger charge is 2.14. The lowest BCUT2D eigenvalue weighted by Gasteiger charge is -2.13. The first-order valence-corrected chi connectivity index (χ1v) is 6.78. The van der Waals surface area contributed by atoms with Crippen molar-refractivity contribution < 1.29 is 0 Å². The average Bonchev–Trinajstić information content (AvgIpc) is 2.40. The molecule has 0 aliphatic rings. The van der Waals surface area contributed by atoms with E-state index in [9.17, 15) is 0 Å². The van der Waals surface area contributed by atoms with Crippen LogP contribution in [0.25, 0.3) is 0 Å². The number of nitriles is 3. The van der Waals surface area contributed by atoms with Crippen LogP contribution in [-0.4, -0.2) is 0 Å². The van der Waals surface area contributed by atoms with E-state index in [4.69, 9.17) is 27.4 Å². The minimum absolute atomic E-state index is 0.118. The van der Waals surface area contributed by atoms with E-state index in [0.717, 1.165) is 0 Å². The molecular weight excluding hydrogens is 395 g/mol. The van der Waals surface area contributed by atoms with Gasteiger partial charge in [0.05, 0.1) is 10.7 Å². The second-order valence-electron chi connectivity index (χ2n) is 3.36. The number of anilines is 1. The van der Waals surface area contributed by atoms with Crippen LogP contribution in [0.4, 0.5) is 5.69 Å². The number of halogens is 3. The van der Waals surface area contributed by atoms with Crippen LogP contribution < -0.4 is 5.32 Å². The lowest BCUT2D eigenvalue weighted by molar-refractivity contribution is 1.33. The highest BCUT2D eigenvalue weighted by molar-refractivity contribution is 9.11. The number of nitrogens with zero attached hydrogens (tertiary/aromatic N) is 3. The van der Waals surface area contributed by atoms with Crippen molar-refractivity contribution in [2.75, 3.05) is 5.32 Å². The van der Waals surface area contributed by atoms with Gasteiger partial charge in [-0.25, -0.2) is 0 Å². The summed E-state index contributed by atoms with van der Waals surface area (Å²) in [7, 11) is 0. The van der Waals surface area contributed by atoms with E-state index in [1.54, 1.807) is 31.2 Å². The van der Waals surface area contributed by atoms with Gasteiger partial charge < -0.3 is 5.32 Å². The van der Waals surface area contributed by atoms with E-state index in [-0.39, 0.29) is 11.3 Å². The zero-order chi connectivity index (χ0) is 14.6. The number of benzene rings is 1. The Kier molecular flexibility index (Phi) is 5.39. The molecule has 0 saturated heterocycles. The Hall–Kier alpha value is -1.52. The molecule has 0 aliphatic heterocycles. The number of allylic oxidation sites excluding steroid dienone is 2. The summed E-state index contributed by atoms with van der Waals surface area (Å²) in [6.07, 6.45) is 0. The maximum atomic E-state index is 9.00. The molecule has 0 aromatic heterocycles. The minimum atomic E-state index is -0.284. The van der Waals surface area contributed by atoms with Crippen molar-refractivity contribution in [2.45, 2.75) is 6.92 Å². The third-order valence-corrected chi connectivity index (χ3v) is 4.21. The molecule has 0 fully saturated rings. The molecule has 0 unspecified atom stereocenters. The Morgan fingerprint density at radius 1 is 1.16 bits per heavy atom. The summed E-state index contributed by atoms with van der Waals surface area (Å²) in [6, 6.07) is 6.83. The fraction of sp³-hybridized carbons (Fsp3) is 0.0833. The predicted molar refractivity (Wildman–Crippen MR) is 79.1 cm³/mol. The van der Waals surface area contributed by atoms with Crippen molar-refractivity contribution in [2.24, 2.45) is 0 Å². The molecule has 1 rings (SSSR count). The second kappa shape index (κ2) is 6.59. The van der Waals surface area contributed by atoms with Crippen LogP contribution >= 0.6 is 43.5 Å². The van der Waals surface area contributed by atoms with Crippen molar-refractivity contribution >= 4 is 49.1 Å². The fourth-order valence-electron chi connectivity index (χ4n) is 1.28. The van der Waals surface area contributed by atoms with Gasteiger partial charge in [-0.3, -0.25) is 0 Å². The quantitative estimate of drug-likeness (QED) is 0.589. The monoisotopic (exact) mass is 398 g/mol. The van der Waals surface area contributed by atoms with Gasteiger partial charge in [0.15, 0.2) is 5.57 Å². The molecular formula is C12H5Br2ClN4. The third kappa shape index (κ3) is 3.28. The second-order valence-corrected chi connectivity index (χ2v) is 5.45. The summed E-state index contributed by atoms with van der Waals surface area (Å²) >= 11 is 12.7. The SMILES string of the molecule is Cc1c(Cl)c(Br)cc(Br)c1NC(C#N)=C(C#N)C#N. The molecule has 94 valence electrons. The summed E-state index contributed by atoms with van der Waals surface area (Å²) in [5.41, 5.74) is 0.818. The van der Waals surface area contributed by atoms with E-state index >= 15 is 0 Å². The zero-order valence-corrected chi connectivity index (χ0v) is 13.5. The summed E-state index contributed by atoms with van der Waals surface area (Å²) in [5.74, 6) is 0. The first-order valence-electron chi connectivity index (χ1n) is 4.82. The molecule has 0 atom stereocenters. The Morgan fingerprint density at radius 3 is 2.21 bits per heavy atom. The van der Waals surface area contributed by atoms with Crippen LogP contribution in [0.2, 0.25) is 5.02 Å². The molecule has 0 saturated carbocycles. The summed E-state index contributed by atoms with van der Waals surface area (Å²) in [4.78, 5) is 0. The van der Waals surface area contributed by atoms with Crippen LogP contribution in [0.15, 0.2) is 26.3 Å². The smallest absolute Gasteiger partial charge is 0.163 e. The van der Waals surface area contributed by atoms with E-state index in [0.29, 0.717) is 25.2 Å². The number of hydrogen-bond donors (Lipinski definition) is 1. The molecule has 1 N–H and O–H groups in total. The third-order valence-electron chi connectivity index (χ3n) is 2.24. The number of rotatable bonds is 2. The fourth-order valence-corrected chi connectivity index (χ4v) is 2.88. The normalized spacial score (nSPS) is 8.89. The standard InChI is InChI=1S/C12H5Br2ClN4/c1-6-11(15)8(13)2-9(14)12(6)19-10(5-18)7(3-16)4-17/h2,19H,1H3. The van der Waals surface area contributed by atoms with Gasteiger partial charge in [-0.1, -0.05) is 11.6 Å². The molecule has 0 spiro atoms. The van der Waals surface area contributed by atoms with Crippen LogP contribution in [-0.2, 0) is 0 Å². The molecule has 0 aliphatic carbocycles. The highest BCUT2D eigenvalue weighted by Crippen LogP contribution is 2.37. The summed E-state index contributed by atoms with van der Waals surface area (Å²) in [5, 5.41) is 29.8. The largest absolute Gasteiger partial charge is 0.344 e. The Balaban J connectivity index is 3.41. The van der Waals surface area contributed by atoms with E-state index in [1.807, 2.05) is 0 Å². The van der Waals surface area contributed by atoms with E-state index < -0.39 is 0 Å². The van der Waals surface area contributed by atoms with Gasteiger partial charge in [0, 0.05) is 8.95 Å². The molecule has 0 heterocycles. The van der Waals surface area contributed by atoms with Crippen molar-refractivity contribution in [3.05, 3.63) is 36.9 Å². The van der Waals surface area contributed by atoms with Gasteiger partial charge in [-0.2, -0.15) is 15.8 Å². The molecule has 1 aromatic rings. The highest BCUT2D eigenvalue weighted by atomic mass is 79.9. The molecule has 0 amide bonds. The molecule has 4 nitrogen and oxygen atoms in total. The molecule has 19 heavy (non-hydrogen) atoms. The van der Waals surface area contributed by atoms with Crippen molar-refractivity contribution in [1.82, 2.24) is 0 Å². The van der Waals surface area contributed by atoms with E-state index in [2.05, 4.69) is 37.2 Å². The molecule has 0 bridgehead atoms. The lowest BCUT2D eigenvalue weighted by Crippen LogP contribution is -2.03. The topological polar surface area (TPSA) is 83.4 Å². The van der Waals surface area contributed by atoms with Crippen molar-refractivity contribution in [1.29, 1.82) is 15.8 Å². The summed E-state index contributed by atoms with van der Waals surface area (Å²) in [6.45, 7) is 1.76. The predicted octanol–water partition coefficient (Wildman–Crippen LogP) is 4.41. The van der Waals surface area contributed by atoms with Crippen LogP contribution in [0.5, 0.6) is 0 Å². The Labute approximate surface area is 132 Å². The number of nitrogens with one attached hydrogen (secondary N) is 1. The molecule has 0 radical (unpaired) electrons. The first kappa shape index (κ1) is 15.5. The van der Waals surface area contributed by atoms with E-state index in [1.165, 1.54) is 0 Å². The van der Waals surface area contributed by atoms with Gasteiger partial charge in [0.2, 0.25) is 0 Å². The molecule has 1 aromatic carbocycles. The first-order chi connectivity index (χ1) is 8.96. The lowest BCUT2D eigenvalue weighted by atomic mass is 10.1. The Bertz CT molecular complexity index is 674. The van der Waals surface area contributed by atoms with Gasteiger partial charge in [-0.05, 0) is 50.4 Å². The van der Waals surface area contributed by atoms with Gasteiger partial charge >= 0.3 is 0 Å². The van der Waals surface area contributed by atoms with Crippen LogP contribution in [0.3, 0.4) is 0 Å². The maximum Gasteiger partial charge on any atom is 0.163 e. The van der Waals surface area contributed by atoms with Gasteiger partial charge in [0.1, 0.15) is 23.9 Å². The summed E-state index contributed by atoms with van der Waals surface area (Å²) < 4.78 is 1.36. The zero-order valence-electron chi connectivity index (χ0n) is 9.55. The average molecular weight is 400 g/mol. The minimum Gasteiger partial charge on any atom is -0.344 e. The molecule has 7 heteroatoms. The van der Waals surface area contributed by atoms with Crippen LogP contribution in [0.1, 0.15) is 5.56 Å². The van der Waals surface area contributed by atoms with Crippen molar-refractivity contribution in [3.8, 4) is 18.2 Å². The Morgan fingerprint density at radius 2 is 1.74 bits per heavy atom. The van der Waals surface area contributed by atoms with Gasteiger partial charge in [-0.15, -0.1) is 0 Å².